The normalized spacial score (nSPS) is 22.7. The Morgan fingerprint density at radius 2 is 3.33 bits per heavy atom. The van der Waals surface area contributed by atoms with Gasteiger partial charge in [-0.2, -0.15) is 0 Å². The molecule has 2 nitrogen and oxygen atoms in total. The monoisotopic (exact) mass is 92.1 g/mol. The molecule has 0 aliphatic rings. The topological polar surface area (TPSA) is 37.3 Å². The van der Waals surface area contributed by atoms with Crippen LogP contribution in [0.2, 0.25) is 0 Å². The zero-order valence-electron chi connectivity index (χ0n) is 8.82. The van der Waals surface area contributed by atoms with Gasteiger partial charge in [0.15, 0.2) is 0 Å². The second-order valence-corrected chi connectivity index (χ2v) is 0.662. The fraction of sp³-hybridized carbons (Fsp3) is 0.250. The summed E-state index contributed by atoms with van der Waals surface area (Å²) in [6.07, 6.45) is 0. The number of carbonyl (C=O) groups is 1. The third-order valence-electron chi connectivity index (χ3n) is 0.204. The van der Waals surface area contributed by atoms with Crippen LogP contribution in [0.1, 0.15) is 13.7 Å². The van der Waals surface area contributed by atoms with E-state index in [0.29, 0.717) is 0 Å². The van der Waals surface area contributed by atoms with Crippen LogP contribution < -0.4 is 0 Å². The van der Waals surface area contributed by atoms with Crippen LogP contribution >= 0.6 is 0 Å². The van der Waals surface area contributed by atoms with Crippen LogP contribution in [0, 0.1) is 0 Å². The third-order valence-corrected chi connectivity index (χ3v) is 0.204. The van der Waals surface area contributed by atoms with Gasteiger partial charge >= 0.3 is 5.97 Å². The van der Waals surface area contributed by atoms with Gasteiger partial charge in [-0.1, -0.05) is 6.53 Å². The lowest BCUT2D eigenvalue weighted by molar-refractivity contribution is -0.132. The van der Waals surface area contributed by atoms with Crippen molar-refractivity contribution in [1.82, 2.24) is 0 Å². The van der Waals surface area contributed by atoms with Gasteiger partial charge in [-0.25, -0.2) is 4.79 Å². The van der Waals surface area contributed by atoms with Gasteiger partial charge in [0, 0.05) is 9.69 Å². The molecule has 0 rings (SSSR count). The largest absolute Gasteiger partial charge is 0.478 e. The summed E-state index contributed by atoms with van der Waals surface area (Å²) in [6.45, 7) is -4.04. The highest BCUT2D eigenvalue weighted by Gasteiger charge is 1.90. The lowest BCUT2D eigenvalue weighted by Gasteiger charge is -1.79. The molecule has 0 aliphatic carbocycles. The van der Waals surface area contributed by atoms with Crippen LogP contribution in [0.15, 0.2) is 12.1 Å². The van der Waals surface area contributed by atoms with Gasteiger partial charge in [0.25, 0.3) is 1.43 Å². The van der Waals surface area contributed by atoms with E-state index in [2.05, 4.69) is 5.11 Å². The van der Waals surface area contributed by atoms with Gasteiger partial charge in [0.1, 0.15) is 0 Å². The highest BCUT2D eigenvalue weighted by atomic mass is 16.4. The van der Waals surface area contributed by atoms with Crippen LogP contribution in [0.4, 0.5) is 0 Å². The van der Waals surface area contributed by atoms with E-state index in [4.69, 9.17) is 8.28 Å². The molecule has 0 heterocycles. The van der Waals surface area contributed by atoms with Gasteiger partial charge in [-0.3, -0.25) is 0 Å². The van der Waals surface area contributed by atoms with Crippen molar-refractivity contribution in [2.45, 2.75) is 6.85 Å². The van der Waals surface area contributed by atoms with E-state index in [1.165, 1.54) is 0 Å². The van der Waals surface area contributed by atoms with Crippen molar-refractivity contribution in [3.63, 3.8) is 0 Å². The summed E-state index contributed by atoms with van der Waals surface area (Å²) >= 11 is 0. The Balaban J connectivity index is 4.97. The molecule has 1 N–H and O–H groups in total. The Kier molecular flexibility index (Phi) is 0.236. The summed E-state index contributed by atoms with van der Waals surface area (Å²) in [6, 6.07) is 0. The number of carboxylic acids is 1. The molecule has 0 amide bonds. The first-order valence-electron chi connectivity index (χ1n) is 4.07. The maximum absolute atomic E-state index is 10.5. The van der Waals surface area contributed by atoms with E-state index >= 15 is 0 Å². The van der Waals surface area contributed by atoms with E-state index in [9.17, 15) is 4.79 Å². The Morgan fingerprint density at radius 1 is 2.50 bits per heavy atom. The second-order valence-electron chi connectivity index (χ2n) is 0.662. The standard InChI is InChI=1S/C4H6O2/c1-3(2)4(5)6/h1H2,2H3,(H,5,6)/i1D2,2D3/hD. The first-order chi connectivity index (χ1) is 5.30. The molecule has 0 unspecified atom stereocenters. The lowest BCUT2D eigenvalue weighted by atomic mass is 10.4. The highest BCUT2D eigenvalue weighted by Crippen LogP contribution is 1.81. The molecule has 0 fully saturated rings. The van der Waals surface area contributed by atoms with E-state index in [1.54, 1.807) is 0 Å². The molecule has 34 valence electrons. The smallest absolute Gasteiger partial charge is 0.330 e. The Hall–Kier alpha value is -0.790. The molecule has 0 radical (unpaired) electrons. The number of aliphatic carboxylic acids is 1. The van der Waals surface area contributed by atoms with E-state index < -0.39 is 24.9 Å². The molecule has 0 spiro atoms. The van der Waals surface area contributed by atoms with E-state index in [-0.39, 0.29) is 0 Å². The van der Waals surface area contributed by atoms with Crippen LogP contribution in [0.5, 0.6) is 0 Å². The van der Waals surface area contributed by atoms with Crippen molar-refractivity contribution in [3.05, 3.63) is 12.1 Å². The maximum atomic E-state index is 10.5. The molecule has 0 saturated carbocycles. The molecule has 2 heteroatoms. The van der Waals surface area contributed by atoms with Gasteiger partial charge in [-0.05, 0) is 6.85 Å². The van der Waals surface area contributed by atoms with Crippen LogP contribution in [0.25, 0.3) is 1.43 Å². The summed E-state index contributed by atoms with van der Waals surface area (Å²) in [5, 5.41) is 3.35. The van der Waals surface area contributed by atoms with Crippen LogP contribution in [-0.4, -0.2) is 11.1 Å². The fourth-order valence-electron chi connectivity index (χ4n) is 0. The SMILES string of the molecule is [2H]OC(=O)C(=C([2H])[2H])C([2H])([2H])[2H]. The molecule has 0 aliphatic heterocycles. The minimum atomic E-state index is -2.88. The summed E-state index contributed by atoms with van der Waals surface area (Å²) in [7, 11) is 0. The van der Waals surface area contributed by atoms with Gasteiger partial charge < -0.3 is 5.11 Å². The number of hydrogen-bond acceptors (Lipinski definition) is 2. The molecule has 0 aromatic rings. The predicted octanol–water partition coefficient (Wildman–Crippen LogP) is 0.647. The molecule has 0 aromatic heterocycles. The zero-order valence-corrected chi connectivity index (χ0v) is 2.82. The summed E-state index contributed by atoms with van der Waals surface area (Å²) in [5.41, 5.74) is -1.09. The van der Waals surface area contributed by atoms with Crippen molar-refractivity contribution >= 4 is 5.97 Å². The maximum Gasteiger partial charge on any atom is 0.330 e. The minimum Gasteiger partial charge on any atom is -0.478 e. The average molecular weight is 92.1 g/mol. The van der Waals surface area contributed by atoms with E-state index in [0.717, 1.165) is 0 Å². The molecular weight excluding hydrogens is 80.0 g/mol. The van der Waals surface area contributed by atoms with Crippen molar-refractivity contribution in [3.8, 4) is 0 Å². The number of hydrogen-bond donors (Lipinski definition) is 1. The Bertz CT molecular complexity index is 212. The molecule has 0 saturated heterocycles. The van der Waals surface area contributed by atoms with Crippen LogP contribution in [0.3, 0.4) is 0 Å². The average Bonchev–Trinajstić information content (AvgIpc) is 1.83. The molecule has 0 atom stereocenters. The van der Waals surface area contributed by atoms with Gasteiger partial charge in [0.05, 0.1) is 2.74 Å². The molecule has 0 bridgehead atoms. The predicted molar refractivity (Wildman–Crippen MR) is 22.4 cm³/mol. The minimum absolute atomic E-state index is 1.09. The van der Waals surface area contributed by atoms with E-state index in [1.807, 2.05) is 0 Å². The molecular formula is C4H6O2. The second kappa shape index (κ2) is 1.60. The number of carboxylic acid groups (broad SMARTS) is 1. The first-order valence-corrected chi connectivity index (χ1v) is 1.16. The molecule has 6 heavy (non-hydrogen) atoms. The highest BCUT2D eigenvalue weighted by molar-refractivity contribution is 5.84. The van der Waals surface area contributed by atoms with Crippen molar-refractivity contribution in [2.75, 3.05) is 0 Å². The first kappa shape index (κ1) is 0.886. The Morgan fingerprint density at radius 3 is 3.50 bits per heavy atom. The summed E-state index contributed by atoms with van der Waals surface area (Å²) in [5.74, 6) is -1.49. The van der Waals surface area contributed by atoms with Crippen molar-refractivity contribution < 1.29 is 16.8 Å². The lowest BCUT2D eigenvalue weighted by Crippen LogP contribution is -1.92. The Labute approximate surface area is 44.6 Å². The third kappa shape index (κ3) is 1.52. The van der Waals surface area contributed by atoms with Gasteiger partial charge in [-0.15, -0.1) is 0 Å². The summed E-state index contributed by atoms with van der Waals surface area (Å²) in [4.78, 5) is 10.5. The van der Waals surface area contributed by atoms with Crippen molar-refractivity contribution in [2.24, 2.45) is 0 Å². The van der Waals surface area contributed by atoms with Crippen molar-refractivity contribution in [1.29, 1.82) is 1.43 Å². The number of rotatable bonds is 1. The van der Waals surface area contributed by atoms with Gasteiger partial charge in [0.2, 0.25) is 0 Å². The summed E-state index contributed by atoms with van der Waals surface area (Å²) < 4.78 is 39.5. The fourth-order valence-corrected chi connectivity index (χ4v) is 0. The zero-order chi connectivity index (χ0) is 9.94. The van der Waals surface area contributed by atoms with Crippen LogP contribution in [-0.2, 0) is 4.79 Å². The molecule has 0 aromatic carbocycles. The quantitative estimate of drug-likeness (QED) is 0.482.